The van der Waals surface area contributed by atoms with E-state index in [2.05, 4.69) is 37.2 Å². The van der Waals surface area contributed by atoms with Gasteiger partial charge in [0.05, 0.1) is 5.69 Å². The lowest BCUT2D eigenvalue weighted by Crippen LogP contribution is -2.39. The minimum absolute atomic E-state index is 0.318. The van der Waals surface area contributed by atoms with Crippen LogP contribution in [0.5, 0.6) is 0 Å². The van der Waals surface area contributed by atoms with Crippen molar-refractivity contribution in [1.29, 1.82) is 0 Å². The first-order valence-electron chi connectivity index (χ1n) is 5.67. The van der Waals surface area contributed by atoms with Gasteiger partial charge in [0.1, 0.15) is 6.54 Å². The van der Waals surface area contributed by atoms with Crippen molar-refractivity contribution in [3.63, 3.8) is 0 Å². The average molecular weight is 394 g/mol. The highest BCUT2D eigenvalue weighted by Crippen LogP contribution is 2.30. The van der Waals surface area contributed by atoms with Crippen LogP contribution in [-0.4, -0.2) is 35.1 Å². The molecule has 0 unspecified atom stereocenters. The topological polar surface area (TPSA) is 69.6 Å². The number of para-hydroxylation sites is 1. The van der Waals surface area contributed by atoms with Gasteiger partial charge < -0.3 is 15.3 Å². The van der Waals surface area contributed by atoms with Crippen LogP contribution in [0.4, 0.5) is 10.5 Å². The predicted molar refractivity (Wildman–Crippen MR) is 80.4 cm³/mol. The van der Waals surface area contributed by atoms with Gasteiger partial charge in [0, 0.05) is 15.5 Å². The lowest BCUT2D eigenvalue weighted by molar-refractivity contribution is -0.137. The fourth-order valence-electron chi connectivity index (χ4n) is 1.49. The molecule has 1 aromatic rings. The molecule has 104 valence electrons. The van der Waals surface area contributed by atoms with Crippen LogP contribution in [-0.2, 0) is 4.79 Å². The summed E-state index contributed by atoms with van der Waals surface area (Å²) in [6.45, 7) is 1.96. The third kappa shape index (κ3) is 4.83. The van der Waals surface area contributed by atoms with E-state index in [-0.39, 0.29) is 6.54 Å². The van der Waals surface area contributed by atoms with Gasteiger partial charge in [-0.1, -0.05) is 13.0 Å². The van der Waals surface area contributed by atoms with Crippen LogP contribution in [0.3, 0.4) is 0 Å². The number of urea groups is 1. The second-order valence-corrected chi connectivity index (χ2v) is 5.55. The number of hydrogen-bond acceptors (Lipinski definition) is 2. The molecule has 0 aliphatic carbocycles. The van der Waals surface area contributed by atoms with E-state index in [1.54, 1.807) is 12.1 Å². The van der Waals surface area contributed by atoms with Gasteiger partial charge in [-0.05, 0) is 50.4 Å². The molecule has 0 saturated carbocycles. The first-order valence-corrected chi connectivity index (χ1v) is 7.26. The molecule has 2 N–H and O–H groups in total. The summed E-state index contributed by atoms with van der Waals surface area (Å²) in [5.74, 6) is -1.03. The number of carbonyl (C=O) groups excluding carboxylic acids is 1. The Labute approximate surface area is 128 Å². The Balaban J connectivity index is 2.84. The SMILES string of the molecule is CCCN(CC(=O)O)C(=O)Nc1c(Br)cccc1Br. The second kappa shape index (κ2) is 7.49. The summed E-state index contributed by atoms with van der Waals surface area (Å²) < 4.78 is 1.45. The molecule has 0 bridgehead atoms. The van der Waals surface area contributed by atoms with Gasteiger partial charge in [0.15, 0.2) is 0 Å². The Morgan fingerprint density at radius 2 is 1.89 bits per heavy atom. The summed E-state index contributed by atoms with van der Waals surface area (Å²) in [7, 11) is 0. The molecule has 0 atom stereocenters. The molecule has 1 rings (SSSR count). The van der Waals surface area contributed by atoms with Crippen LogP contribution in [0.15, 0.2) is 27.1 Å². The summed E-state index contributed by atoms with van der Waals surface area (Å²) in [5.41, 5.74) is 0.582. The standard InChI is InChI=1S/C12H14Br2N2O3/c1-2-6-16(7-10(17)18)12(19)15-11-8(13)4-3-5-9(11)14/h3-5H,2,6-7H2,1H3,(H,15,19)(H,17,18). The number of anilines is 1. The molecule has 2 amide bonds. The zero-order valence-electron chi connectivity index (χ0n) is 10.3. The number of rotatable bonds is 5. The molecule has 0 aromatic heterocycles. The zero-order valence-corrected chi connectivity index (χ0v) is 13.5. The normalized spacial score (nSPS) is 10.1. The molecule has 0 fully saturated rings. The molecule has 0 heterocycles. The van der Waals surface area contributed by atoms with E-state index in [1.807, 2.05) is 13.0 Å². The third-order valence-electron chi connectivity index (χ3n) is 2.30. The first kappa shape index (κ1) is 16.0. The molecule has 1 aromatic carbocycles. The van der Waals surface area contributed by atoms with Crippen LogP contribution in [0.2, 0.25) is 0 Å². The monoisotopic (exact) mass is 392 g/mol. The van der Waals surface area contributed by atoms with Gasteiger partial charge in [-0.3, -0.25) is 4.79 Å². The Morgan fingerprint density at radius 3 is 2.37 bits per heavy atom. The van der Waals surface area contributed by atoms with Crippen LogP contribution in [0.25, 0.3) is 0 Å². The number of aliphatic carboxylic acids is 1. The van der Waals surface area contributed by atoms with Gasteiger partial charge >= 0.3 is 12.0 Å². The van der Waals surface area contributed by atoms with E-state index in [4.69, 9.17) is 5.11 Å². The molecule has 0 aliphatic rings. The van der Waals surface area contributed by atoms with Crippen molar-refractivity contribution in [1.82, 2.24) is 4.90 Å². The van der Waals surface area contributed by atoms with Crippen LogP contribution >= 0.6 is 31.9 Å². The van der Waals surface area contributed by atoms with Crippen molar-refractivity contribution in [2.75, 3.05) is 18.4 Å². The van der Waals surface area contributed by atoms with Crippen molar-refractivity contribution >= 4 is 49.5 Å². The molecule has 19 heavy (non-hydrogen) atoms. The lowest BCUT2D eigenvalue weighted by Gasteiger charge is -2.21. The fourth-order valence-corrected chi connectivity index (χ4v) is 2.69. The second-order valence-electron chi connectivity index (χ2n) is 3.84. The number of nitrogens with one attached hydrogen (secondary N) is 1. The van der Waals surface area contributed by atoms with Gasteiger partial charge in [-0.2, -0.15) is 0 Å². The largest absolute Gasteiger partial charge is 0.480 e. The number of halogens is 2. The number of hydrogen-bond donors (Lipinski definition) is 2. The summed E-state index contributed by atoms with van der Waals surface area (Å²) in [6, 6.07) is 4.98. The number of nitrogens with zero attached hydrogens (tertiary/aromatic N) is 1. The van der Waals surface area contributed by atoms with Crippen molar-refractivity contribution in [2.24, 2.45) is 0 Å². The summed E-state index contributed by atoms with van der Waals surface area (Å²) >= 11 is 6.67. The summed E-state index contributed by atoms with van der Waals surface area (Å²) in [5, 5.41) is 11.5. The van der Waals surface area contributed by atoms with E-state index in [9.17, 15) is 9.59 Å². The number of carbonyl (C=O) groups is 2. The molecule has 0 spiro atoms. The van der Waals surface area contributed by atoms with Crippen molar-refractivity contribution < 1.29 is 14.7 Å². The molecular formula is C12H14Br2N2O3. The highest BCUT2D eigenvalue weighted by Gasteiger charge is 2.17. The fraction of sp³-hybridized carbons (Fsp3) is 0.333. The maximum absolute atomic E-state index is 12.1. The van der Waals surface area contributed by atoms with Gasteiger partial charge in [0.25, 0.3) is 0 Å². The van der Waals surface area contributed by atoms with Crippen molar-refractivity contribution in [2.45, 2.75) is 13.3 Å². The maximum Gasteiger partial charge on any atom is 0.323 e. The minimum Gasteiger partial charge on any atom is -0.480 e. The van der Waals surface area contributed by atoms with E-state index in [0.717, 1.165) is 8.95 Å². The van der Waals surface area contributed by atoms with Crippen LogP contribution in [0.1, 0.15) is 13.3 Å². The minimum atomic E-state index is -1.03. The Bertz CT molecular complexity index is 460. The van der Waals surface area contributed by atoms with Gasteiger partial charge in [0.2, 0.25) is 0 Å². The smallest absolute Gasteiger partial charge is 0.323 e. The zero-order chi connectivity index (χ0) is 14.4. The average Bonchev–Trinajstić information content (AvgIpc) is 2.32. The Kier molecular flexibility index (Phi) is 6.30. The molecule has 0 saturated heterocycles. The van der Waals surface area contributed by atoms with Crippen molar-refractivity contribution in [3.8, 4) is 0 Å². The van der Waals surface area contributed by atoms with Crippen molar-refractivity contribution in [3.05, 3.63) is 27.1 Å². The number of carboxylic acid groups (broad SMARTS) is 1. The van der Waals surface area contributed by atoms with E-state index in [0.29, 0.717) is 18.7 Å². The first-order chi connectivity index (χ1) is 8.95. The van der Waals surface area contributed by atoms with Crippen LogP contribution in [0, 0.1) is 0 Å². The number of benzene rings is 1. The molecule has 5 nitrogen and oxygen atoms in total. The summed E-state index contributed by atoms with van der Waals surface area (Å²) in [4.78, 5) is 24.0. The number of carboxylic acids is 1. The highest BCUT2D eigenvalue weighted by molar-refractivity contribution is 9.11. The Morgan fingerprint density at radius 1 is 1.32 bits per heavy atom. The molecule has 0 radical (unpaired) electrons. The molecular weight excluding hydrogens is 380 g/mol. The maximum atomic E-state index is 12.1. The van der Waals surface area contributed by atoms with E-state index >= 15 is 0 Å². The Hall–Kier alpha value is -1.08. The predicted octanol–water partition coefficient (Wildman–Crippen LogP) is 3.54. The lowest BCUT2D eigenvalue weighted by atomic mass is 10.3. The van der Waals surface area contributed by atoms with E-state index < -0.39 is 12.0 Å². The molecule has 7 heteroatoms. The van der Waals surface area contributed by atoms with Crippen LogP contribution < -0.4 is 5.32 Å². The third-order valence-corrected chi connectivity index (χ3v) is 3.62. The van der Waals surface area contributed by atoms with Gasteiger partial charge in [-0.25, -0.2) is 4.79 Å². The van der Waals surface area contributed by atoms with Gasteiger partial charge in [-0.15, -0.1) is 0 Å². The number of amides is 2. The molecule has 0 aliphatic heterocycles. The van der Waals surface area contributed by atoms with E-state index in [1.165, 1.54) is 4.90 Å². The quantitative estimate of drug-likeness (QED) is 0.803. The summed E-state index contributed by atoms with van der Waals surface area (Å²) in [6.07, 6.45) is 0.692. The highest BCUT2D eigenvalue weighted by atomic mass is 79.9.